The highest BCUT2D eigenvalue weighted by Crippen LogP contribution is 2.35. The van der Waals surface area contributed by atoms with Crippen molar-refractivity contribution in [3.8, 4) is 0 Å². The van der Waals surface area contributed by atoms with Crippen LogP contribution in [0.15, 0.2) is 36.4 Å². The summed E-state index contributed by atoms with van der Waals surface area (Å²) < 4.78 is 39.3. The third-order valence-electron chi connectivity index (χ3n) is 5.41. The van der Waals surface area contributed by atoms with E-state index in [2.05, 4.69) is 0 Å². The van der Waals surface area contributed by atoms with Gasteiger partial charge in [-0.1, -0.05) is 42.5 Å². The Morgan fingerprint density at radius 2 is 1.53 bits per heavy atom. The molecule has 1 saturated heterocycles. The minimum absolute atomic E-state index is 0.0166. The van der Waals surface area contributed by atoms with Crippen molar-refractivity contribution < 1.29 is 32.6 Å². The zero-order chi connectivity index (χ0) is 23.6. The summed E-state index contributed by atoms with van der Waals surface area (Å²) in [5.74, 6) is -6.49. The van der Waals surface area contributed by atoms with Crippen LogP contribution in [-0.4, -0.2) is 55.0 Å². The number of likely N-dealkylation sites (tertiary alicyclic amines) is 1. The summed E-state index contributed by atoms with van der Waals surface area (Å²) in [6.07, 6.45) is 3.06. The molecule has 1 aromatic rings. The van der Waals surface area contributed by atoms with Gasteiger partial charge in [-0.2, -0.15) is 8.78 Å². The Labute approximate surface area is 187 Å². The number of hydrogen-bond donors (Lipinski definition) is 0. The second-order valence-corrected chi connectivity index (χ2v) is 7.71. The summed E-state index contributed by atoms with van der Waals surface area (Å²) in [5.41, 5.74) is -1.16. The highest BCUT2D eigenvalue weighted by Gasteiger charge is 2.48. The first kappa shape index (κ1) is 25.5. The largest absolute Gasteiger partial charge is 0.465 e. The lowest BCUT2D eigenvalue weighted by molar-refractivity contribution is -0.169. The van der Waals surface area contributed by atoms with Gasteiger partial charge in [0.15, 0.2) is 5.41 Å². The van der Waals surface area contributed by atoms with E-state index < -0.39 is 35.6 Å². The molecule has 0 spiro atoms. The van der Waals surface area contributed by atoms with Crippen LogP contribution >= 0.6 is 0 Å². The average Bonchev–Trinajstić information content (AvgIpc) is 3.31. The second kappa shape index (κ2) is 11.7. The molecule has 1 aliphatic rings. The number of hydrogen-bond acceptors (Lipinski definition) is 5. The molecule has 0 N–H and O–H groups in total. The van der Waals surface area contributed by atoms with Crippen LogP contribution in [0.5, 0.6) is 0 Å². The van der Waals surface area contributed by atoms with Gasteiger partial charge in [-0.05, 0) is 45.1 Å². The van der Waals surface area contributed by atoms with Crippen LogP contribution in [-0.2, 0) is 23.9 Å². The van der Waals surface area contributed by atoms with Crippen LogP contribution in [0.25, 0.3) is 6.08 Å². The van der Waals surface area contributed by atoms with Gasteiger partial charge < -0.3 is 14.4 Å². The zero-order valence-corrected chi connectivity index (χ0v) is 18.6. The number of carbonyl (C=O) groups is 3. The topological polar surface area (TPSA) is 72.9 Å². The molecule has 1 amide bonds. The molecule has 1 heterocycles. The molecule has 2 rings (SSSR count). The van der Waals surface area contributed by atoms with Crippen molar-refractivity contribution in [2.75, 3.05) is 26.3 Å². The van der Waals surface area contributed by atoms with E-state index in [1.807, 2.05) is 6.07 Å². The van der Waals surface area contributed by atoms with Gasteiger partial charge in [-0.25, -0.2) is 0 Å². The van der Waals surface area contributed by atoms with Crippen molar-refractivity contribution in [1.82, 2.24) is 4.90 Å². The Kier molecular flexibility index (Phi) is 9.35. The van der Waals surface area contributed by atoms with Crippen LogP contribution < -0.4 is 0 Å². The Hall–Kier alpha value is -2.77. The fourth-order valence-corrected chi connectivity index (χ4v) is 3.68. The van der Waals surface area contributed by atoms with E-state index in [1.165, 1.54) is 11.0 Å². The van der Waals surface area contributed by atoms with Gasteiger partial charge in [0.2, 0.25) is 0 Å². The van der Waals surface area contributed by atoms with E-state index in [0.717, 1.165) is 5.56 Å². The number of ether oxygens (including phenoxy) is 2. The summed E-state index contributed by atoms with van der Waals surface area (Å²) in [6.45, 7) is 3.87. The lowest BCUT2D eigenvalue weighted by Gasteiger charge is -2.27. The van der Waals surface area contributed by atoms with Gasteiger partial charge in [0, 0.05) is 19.5 Å². The van der Waals surface area contributed by atoms with E-state index in [-0.39, 0.29) is 26.1 Å². The van der Waals surface area contributed by atoms with Crippen molar-refractivity contribution in [2.24, 2.45) is 5.41 Å². The summed E-state index contributed by atoms with van der Waals surface area (Å²) in [7, 11) is 0. The Morgan fingerprint density at radius 1 is 0.969 bits per heavy atom. The predicted molar refractivity (Wildman–Crippen MR) is 116 cm³/mol. The highest BCUT2D eigenvalue weighted by molar-refractivity contribution is 6.03. The third-order valence-corrected chi connectivity index (χ3v) is 5.41. The number of rotatable bonds is 11. The van der Waals surface area contributed by atoms with E-state index >= 15 is 0 Å². The molecule has 176 valence electrons. The predicted octanol–water partition coefficient (Wildman–Crippen LogP) is 4.24. The van der Waals surface area contributed by atoms with Crippen molar-refractivity contribution in [2.45, 2.75) is 51.9 Å². The number of esters is 2. The smallest absolute Gasteiger partial charge is 0.327 e. The molecule has 1 aliphatic heterocycles. The Bertz CT molecular complexity index is 786. The van der Waals surface area contributed by atoms with Crippen molar-refractivity contribution >= 4 is 23.9 Å². The molecule has 0 saturated carbocycles. The van der Waals surface area contributed by atoms with Crippen LogP contribution in [0, 0.1) is 5.41 Å². The molecule has 6 nitrogen and oxygen atoms in total. The lowest BCUT2D eigenvalue weighted by Crippen LogP contribution is -2.43. The summed E-state index contributed by atoms with van der Waals surface area (Å²) >= 11 is 0. The Balaban J connectivity index is 2.25. The first-order valence-electron chi connectivity index (χ1n) is 11.0. The van der Waals surface area contributed by atoms with Gasteiger partial charge in [0.25, 0.3) is 5.91 Å². The molecule has 0 bridgehead atoms. The number of amides is 1. The fourth-order valence-electron chi connectivity index (χ4n) is 3.68. The quantitative estimate of drug-likeness (QED) is 0.372. The average molecular weight is 452 g/mol. The minimum atomic E-state index is -3.57. The maximum absolute atomic E-state index is 14.6. The fraction of sp³-hybridized carbons (Fsp3) is 0.542. The standard InChI is InChI=1S/C24H31F2NO5/c1-3-31-21(29)23(22(30)32-4-2,16-13-19-11-6-5-7-12-19)14-10-15-24(25,26)20(28)27-17-8-9-18-27/h5-7,11-13,16H,3-4,8-10,14-15,17-18H2,1-2H3/b16-13+. The van der Waals surface area contributed by atoms with Crippen LogP contribution in [0.1, 0.15) is 51.5 Å². The van der Waals surface area contributed by atoms with E-state index in [4.69, 9.17) is 9.47 Å². The number of nitrogens with zero attached hydrogens (tertiary/aromatic N) is 1. The van der Waals surface area contributed by atoms with Crippen molar-refractivity contribution in [3.05, 3.63) is 42.0 Å². The first-order valence-corrected chi connectivity index (χ1v) is 11.0. The second-order valence-electron chi connectivity index (χ2n) is 7.71. The summed E-state index contributed by atoms with van der Waals surface area (Å²) in [5, 5.41) is 0. The molecule has 1 fully saturated rings. The van der Waals surface area contributed by atoms with Crippen molar-refractivity contribution in [1.29, 1.82) is 0 Å². The van der Waals surface area contributed by atoms with Crippen LogP contribution in [0.3, 0.4) is 0 Å². The van der Waals surface area contributed by atoms with Gasteiger partial charge in [-0.15, -0.1) is 0 Å². The van der Waals surface area contributed by atoms with E-state index in [0.29, 0.717) is 25.9 Å². The molecular weight excluding hydrogens is 420 g/mol. The van der Waals surface area contributed by atoms with Gasteiger partial charge in [0.05, 0.1) is 13.2 Å². The molecule has 0 unspecified atom stereocenters. The van der Waals surface area contributed by atoms with E-state index in [1.54, 1.807) is 44.2 Å². The summed E-state index contributed by atoms with van der Waals surface area (Å²) in [6, 6.07) is 8.96. The van der Waals surface area contributed by atoms with Gasteiger partial charge in [0.1, 0.15) is 0 Å². The molecule has 0 aliphatic carbocycles. The first-order chi connectivity index (χ1) is 15.3. The maximum atomic E-state index is 14.6. The van der Waals surface area contributed by atoms with Crippen molar-refractivity contribution in [3.63, 3.8) is 0 Å². The van der Waals surface area contributed by atoms with E-state index in [9.17, 15) is 23.2 Å². The van der Waals surface area contributed by atoms with Crippen LogP contribution in [0.2, 0.25) is 0 Å². The third kappa shape index (κ3) is 6.37. The summed E-state index contributed by atoms with van der Waals surface area (Å²) in [4.78, 5) is 39.1. The van der Waals surface area contributed by atoms with Crippen LogP contribution in [0.4, 0.5) is 8.78 Å². The molecule has 32 heavy (non-hydrogen) atoms. The number of halogens is 2. The number of benzene rings is 1. The van der Waals surface area contributed by atoms with Gasteiger partial charge in [-0.3, -0.25) is 14.4 Å². The zero-order valence-electron chi connectivity index (χ0n) is 18.6. The maximum Gasteiger partial charge on any atom is 0.327 e. The molecular formula is C24H31F2NO5. The molecule has 0 radical (unpaired) electrons. The van der Waals surface area contributed by atoms with Gasteiger partial charge >= 0.3 is 17.9 Å². The minimum Gasteiger partial charge on any atom is -0.465 e. The number of alkyl halides is 2. The SMILES string of the molecule is CCOC(=O)C(/C=C/c1ccccc1)(CCCC(F)(F)C(=O)N1CCCC1)C(=O)OCC. The highest BCUT2D eigenvalue weighted by atomic mass is 19.3. The Morgan fingerprint density at radius 3 is 2.06 bits per heavy atom. The molecule has 0 aromatic heterocycles. The normalized spacial score (nSPS) is 14.6. The molecule has 0 atom stereocenters. The number of carbonyl (C=O) groups excluding carboxylic acids is 3. The molecule has 8 heteroatoms. The monoisotopic (exact) mass is 451 g/mol. The molecule has 1 aromatic carbocycles. The lowest BCUT2D eigenvalue weighted by atomic mass is 9.81.